The van der Waals surface area contributed by atoms with Crippen molar-refractivity contribution < 1.29 is 9.53 Å². The van der Waals surface area contributed by atoms with Gasteiger partial charge in [0.05, 0.1) is 0 Å². The lowest BCUT2D eigenvalue weighted by molar-refractivity contribution is 0.159. The van der Waals surface area contributed by atoms with E-state index in [1.165, 1.54) is 0 Å². The second-order valence-corrected chi connectivity index (χ2v) is 1.37. The van der Waals surface area contributed by atoms with Gasteiger partial charge in [0.1, 0.15) is 0 Å². The molecule has 0 aromatic rings. The summed E-state index contributed by atoms with van der Waals surface area (Å²) in [7, 11) is 1.73. The lowest BCUT2D eigenvalue weighted by Gasteiger charge is -1.97. The van der Waals surface area contributed by atoms with Crippen LogP contribution in [0.25, 0.3) is 0 Å². The van der Waals surface area contributed by atoms with Gasteiger partial charge in [0, 0.05) is 7.05 Å². The molecule has 4 nitrogen and oxygen atoms in total. The monoisotopic (exact) mass is 102 g/mol. The van der Waals surface area contributed by atoms with E-state index in [0.717, 1.165) is 0 Å². The van der Waals surface area contributed by atoms with Crippen LogP contribution >= 0.6 is 0 Å². The third kappa shape index (κ3) is 0.806. The third-order valence-corrected chi connectivity index (χ3v) is 0.671. The van der Waals surface area contributed by atoms with Crippen molar-refractivity contribution in [1.29, 1.82) is 0 Å². The molecule has 0 aromatic heterocycles. The summed E-state index contributed by atoms with van der Waals surface area (Å²) in [4.78, 5) is 10.1. The molecule has 0 bridgehead atoms. The van der Waals surface area contributed by atoms with Crippen molar-refractivity contribution in [3.05, 3.63) is 0 Å². The maximum absolute atomic E-state index is 10.1. The second kappa shape index (κ2) is 1.38. The zero-order chi connectivity index (χ0) is 5.28. The van der Waals surface area contributed by atoms with Crippen LogP contribution in [0.15, 0.2) is 0 Å². The molecular weight excluding hydrogens is 96.0 g/mol. The van der Waals surface area contributed by atoms with E-state index in [1.807, 2.05) is 0 Å². The summed E-state index contributed by atoms with van der Waals surface area (Å²) in [5.41, 5.74) is 2.39. The highest BCUT2D eigenvalue weighted by Gasteiger charge is 2.13. The topological polar surface area (TPSA) is 41.6 Å². The largest absolute Gasteiger partial charge is 0.431 e. The molecule has 4 heteroatoms. The maximum atomic E-state index is 10.1. The average molecular weight is 102 g/mol. The molecule has 7 heavy (non-hydrogen) atoms. The molecule has 1 saturated heterocycles. The summed E-state index contributed by atoms with van der Waals surface area (Å²) < 4.78 is 4.44. The predicted molar refractivity (Wildman–Crippen MR) is 22.2 cm³/mol. The number of ether oxygens (including phenoxy) is 1. The third-order valence-electron chi connectivity index (χ3n) is 0.671. The quantitative estimate of drug-likeness (QED) is 0.449. The summed E-state index contributed by atoms with van der Waals surface area (Å²) in [6.07, 6.45) is -0.373. The summed E-state index contributed by atoms with van der Waals surface area (Å²) in [5, 5.41) is 1.56. The van der Waals surface area contributed by atoms with Crippen LogP contribution in [0.5, 0.6) is 0 Å². The zero-order valence-electron chi connectivity index (χ0n) is 3.97. The van der Waals surface area contributed by atoms with E-state index in [1.54, 1.807) is 12.1 Å². The standard InChI is InChI=1S/C3H6N2O2/c1-5-2-7-3(6)4-5/h2H2,1H3,(H,4,6). The van der Waals surface area contributed by atoms with Gasteiger partial charge < -0.3 is 4.74 Å². The number of nitrogens with zero attached hydrogens (tertiary/aromatic N) is 1. The molecule has 0 atom stereocenters. The van der Waals surface area contributed by atoms with Crippen LogP contribution in [0, 0.1) is 0 Å². The average Bonchev–Trinajstić information content (AvgIpc) is 1.87. The Bertz CT molecular complexity index is 92.9. The van der Waals surface area contributed by atoms with Crippen molar-refractivity contribution in [2.45, 2.75) is 0 Å². The first-order chi connectivity index (χ1) is 3.29. The lowest BCUT2D eigenvalue weighted by Crippen LogP contribution is -2.27. The molecule has 1 amide bonds. The van der Waals surface area contributed by atoms with Crippen LogP contribution < -0.4 is 5.43 Å². The fourth-order valence-electron chi connectivity index (χ4n) is 0.376. The number of amides is 1. The van der Waals surface area contributed by atoms with Gasteiger partial charge in [0.15, 0.2) is 6.73 Å². The van der Waals surface area contributed by atoms with Crippen molar-refractivity contribution in [1.82, 2.24) is 10.4 Å². The van der Waals surface area contributed by atoms with Gasteiger partial charge in [-0.1, -0.05) is 0 Å². The van der Waals surface area contributed by atoms with E-state index in [2.05, 4.69) is 10.2 Å². The van der Waals surface area contributed by atoms with Gasteiger partial charge in [-0.2, -0.15) is 5.01 Å². The second-order valence-electron chi connectivity index (χ2n) is 1.37. The molecule has 1 N–H and O–H groups in total. The predicted octanol–water partition coefficient (Wildman–Crippen LogP) is -0.469. The SMILES string of the molecule is CN1COC(=O)N1. The Morgan fingerprint density at radius 1 is 2.00 bits per heavy atom. The van der Waals surface area contributed by atoms with E-state index in [-0.39, 0.29) is 6.09 Å². The van der Waals surface area contributed by atoms with Gasteiger partial charge in [-0.15, -0.1) is 0 Å². The fourth-order valence-corrected chi connectivity index (χ4v) is 0.376. The van der Waals surface area contributed by atoms with Gasteiger partial charge >= 0.3 is 6.09 Å². The molecule has 1 aliphatic heterocycles. The van der Waals surface area contributed by atoms with E-state index in [0.29, 0.717) is 6.73 Å². The van der Waals surface area contributed by atoms with Crippen LogP contribution in [0.1, 0.15) is 0 Å². The Morgan fingerprint density at radius 3 is 2.86 bits per heavy atom. The maximum Gasteiger partial charge on any atom is 0.423 e. The van der Waals surface area contributed by atoms with Gasteiger partial charge in [-0.3, -0.25) is 5.43 Å². The highest BCUT2D eigenvalue weighted by Crippen LogP contribution is 1.88. The van der Waals surface area contributed by atoms with E-state index >= 15 is 0 Å². The van der Waals surface area contributed by atoms with Crippen LogP contribution in [-0.2, 0) is 4.74 Å². The Balaban J connectivity index is 2.40. The van der Waals surface area contributed by atoms with E-state index in [9.17, 15) is 4.79 Å². The normalized spacial score (nSPS) is 21.6. The number of hydrogen-bond acceptors (Lipinski definition) is 3. The van der Waals surface area contributed by atoms with Crippen LogP contribution in [-0.4, -0.2) is 24.9 Å². The Morgan fingerprint density at radius 2 is 2.71 bits per heavy atom. The van der Waals surface area contributed by atoms with Crippen molar-refractivity contribution >= 4 is 6.09 Å². The minimum Gasteiger partial charge on any atom is -0.431 e. The number of rotatable bonds is 0. The first-order valence-corrected chi connectivity index (χ1v) is 1.93. The highest BCUT2D eigenvalue weighted by atomic mass is 16.6. The summed E-state index contributed by atoms with van der Waals surface area (Å²) in [6, 6.07) is 0. The minimum atomic E-state index is -0.373. The van der Waals surface area contributed by atoms with Gasteiger partial charge in [0.25, 0.3) is 0 Å². The molecule has 1 fully saturated rings. The van der Waals surface area contributed by atoms with Crippen molar-refractivity contribution in [2.24, 2.45) is 0 Å². The number of cyclic esters (lactones) is 1. The zero-order valence-corrected chi connectivity index (χ0v) is 3.97. The van der Waals surface area contributed by atoms with Crippen LogP contribution in [0.2, 0.25) is 0 Å². The minimum absolute atomic E-state index is 0.346. The molecular formula is C3H6N2O2. The smallest absolute Gasteiger partial charge is 0.423 e. The van der Waals surface area contributed by atoms with Crippen molar-refractivity contribution in [3.8, 4) is 0 Å². The Hall–Kier alpha value is -0.770. The van der Waals surface area contributed by atoms with E-state index < -0.39 is 0 Å². The van der Waals surface area contributed by atoms with Crippen LogP contribution in [0.3, 0.4) is 0 Å². The molecule has 1 aliphatic rings. The Labute approximate surface area is 41.0 Å². The molecule has 1 heterocycles. The van der Waals surface area contributed by atoms with Crippen LogP contribution in [0.4, 0.5) is 4.79 Å². The molecule has 0 aliphatic carbocycles. The van der Waals surface area contributed by atoms with Crippen molar-refractivity contribution in [3.63, 3.8) is 0 Å². The Kier molecular flexibility index (Phi) is 0.867. The number of nitrogens with one attached hydrogen (secondary N) is 1. The number of hydrazine groups is 1. The van der Waals surface area contributed by atoms with Gasteiger partial charge in [-0.25, -0.2) is 4.79 Å². The van der Waals surface area contributed by atoms with Gasteiger partial charge in [0.2, 0.25) is 0 Å². The molecule has 0 aromatic carbocycles. The molecule has 0 saturated carbocycles. The first kappa shape index (κ1) is 4.39. The molecule has 0 unspecified atom stereocenters. The van der Waals surface area contributed by atoms with Crippen molar-refractivity contribution in [2.75, 3.05) is 13.8 Å². The van der Waals surface area contributed by atoms with Gasteiger partial charge in [-0.05, 0) is 0 Å². The summed E-state index contributed by atoms with van der Waals surface area (Å²) >= 11 is 0. The van der Waals surface area contributed by atoms with E-state index in [4.69, 9.17) is 0 Å². The fraction of sp³-hybridized carbons (Fsp3) is 0.667. The molecule has 0 spiro atoms. The molecule has 0 radical (unpaired) electrons. The molecule has 1 rings (SSSR count). The number of carbonyl (C=O) groups excluding carboxylic acids is 1. The summed E-state index contributed by atoms with van der Waals surface area (Å²) in [5.74, 6) is 0. The number of hydrogen-bond donors (Lipinski definition) is 1. The first-order valence-electron chi connectivity index (χ1n) is 1.93. The highest BCUT2D eigenvalue weighted by molar-refractivity contribution is 5.67. The summed E-state index contributed by atoms with van der Waals surface area (Å²) in [6.45, 7) is 0.346. The lowest BCUT2D eigenvalue weighted by atomic mass is 11.1. The molecule has 40 valence electrons. The number of carbonyl (C=O) groups is 1.